The van der Waals surface area contributed by atoms with Gasteiger partial charge in [0.1, 0.15) is 9.88 Å². The van der Waals surface area contributed by atoms with E-state index in [1.165, 1.54) is 4.57 Å². The van der Waals surface area contributed by atoms with Crippen LogP contribution in [0.15, 0.2) is 33.5 Å². The number of hydrogen-bond donors (Lipinski definition) is 1. The first-order chi connectivity index (χ1) is 14.9. The van der Waals surface area contributed by atoms with E-state index in [9.17, 15) is 19.2 Å². The van der Waals surface area contributed by atoms with Crippen LogP contribution in [0, 0.1) is 6.92 Å². The van der Waals surface area contributed by atoms with E-state index in [2.05, 4.69) is 5.32 Å². The zero-order valence-electron chi connectivity index (χ0n) is 17.4. The predicted octanol–water partition coefficient (Wildman–Crippen LogP) is 3.35. The van der Waals surface area contributed by atoms with Crippen molar-refractivity contribution >= 4 is 45.3 Å². The summed E-state index contributed by atoms with van der Waals surface area (Å²) in [6.45, 7) is 5.36. The summed E-state index contributed by atoms with van der Waals surface area (Å²) in [6.07, 6.45) is -0.0443. The molecule has 9 nitrogen and oxygen atoms in total. The van der Waals surface area contributed by atoms with Gasteiger partial charge in [0.05, 0.1) is 24.3 Å². The minimum atomic E-state index is -0.640. The molecule has 164 valence electrons. The topological polar surface area (TPSA) is 117 Å². The summed E-state index contributed by atoms with van der Waals surface area (Å²) in [5.41, 5.74) is 1.53. The number of benzene rings is 1. The molecular formula is C21H22N2O7S. The maximum atomic E-state index is 12.6. The Kier molecular flexibility index (Phi) is 6.91. The predicted molar refractivity (Wildman–Crippen MR) is 115 cm³/mol. The van der Waals surface area contributed by atoms with Crippen molar-refractivity contribution in [2.75, 3.05) is 18.5 Å². The van der Waals surface area contributed by atoms with Gasteiger partial charge in [0, 0.05) is 13.0 Å². The normalized spacial score (nSPS) is 10.8. The van der Waals surface area contributed by atoms with Crippen LogP contribution in [-0.2, 0) is 20.8 Å². The molecule has 1 N–H and O–H groups in total. The largest absolute Gasteiger partial charge is 0.462 e. The number of rotatable bonds is 8. The molecule has 2 heterocycles. The molecule has 0 spiro atoms. The first-order valence-corrected chi connectivity index (χ1v) is 10.5. The fourth-order valence-electron chi connectivity index (χ4n) is 3.07. The summed E-state index contributed by atoms with van der Waals surface area (Å²) in [6, 6.07) is 6.92. The highest BCUT2D eigenvalue weighted by Crippen LogP contribution is 2.34. The van der Waals surface area contributed by atoms with Crippen molar-refractivity contribution < 1.29 is 28.3 Å². The number of oxazole rings is 1. The van der Waals surface area contributed by atoms with E-state index in [0.717, 1.165) is 11.3 Å². The van der Waals surface area contributed by atoms with Crippen LogP contribution in [-0.4, -0.2) is 35.6 Å². The molecule has 0 radical (unpaired) electrons. The zero-order valence-corrected chi connectivity index (χ0v) is 18.2. The second-order valence-electron chi connectivity index (χ2n) is 6.49. The smallest absolute Gasteiger partial charge is 0.419 e. The van der Waals surface area contributed by atoms with Crippen LogP contribution in [0.25, 0.3) is 11.1 Å². The van der Waals surface area contributed by atoms with Crippen LogP contribution in [0.5, 0.6) is 0 Å². The number of para-hydroxylation sites is 2. The fraction of sp³-hybridized carbons (Fsp3) is 0.333. The number of amides is 1. The van der Waals surface area contributed by atoms with E-state index < -0.39 is 23.6 Å². The van der Waals surface area contributed by atoms with E-state index >= 15 is 0 Å². The summed E-state index contributed by atoms with van der Waals surface area (Å²) in [4.78, 5) is 49.5. The van der Waals surface area contributed by atoms with Gasteiger partial charge in [-0.05, 0) is 38.5 Å². The Labute approximate surface area is 181 Å². The Morgan fingerprint density at radius 1 is 1.10 bits per heavy atom. The molecule has 31 heavy (non-hydrogen) atoms. The number of aromatic nitrogens is 1. The number of nitrogens with zero attached hydrogens (tertiary/aromatic N) is 1. The highest BCUT2D eigenvalue weighted by Gasteiger charge is 2.27. The summed E-state index contributed by atoms with van der Waals surface area (Å²) in [7, 11) is 0. The average molecular weight is 446 g/mol. The second kappa shape index (κ2) is 9.61. The van der Waals surface area contributed by atoms with Crippen molar-refractivity contribution in [1.29, 1.82) is 0 Å². The Bertz CT molecular complexity index is 1190. The van der Waals surface area contributed by atoms with Gasteiger partial charge in [0.15, 0.2) is 5.58 Å². The Hall–Kier alpha value is -3.40. The number of esters is 2. The van der Waals surface area contributed by atoms with Crippen molar-refractivity contribution in [2.45, 2.75) is 33.7 Å². The number of thiophene rings is 1. The number of anilines is 1. The van der Waals surface area contributed by atoms with Gasteiger partial charge < -0.3 is 19.2 Å². The van der Waals surface area contributed by atoms with Gasteiger partial charge in [0.25, 0.3) is 0 Å². The molecule has 0 atom stereocenters. The van der Waals surface area contributed by atoms with Crippen LogP contribution in [0.1, 0.15) is 45.9 Å². The summed E-state index contributed by atoms with van der Waals surface area (Å²) >= 11 is 0.951. The van der Waals surface area contributed by atoms with Gasteiger partial charge in [-0.1, -0.05) is 12.1 Å². The van der Waals surface area contributed by atoms with Crippen molar-refractivity contribution in [2.24, 2.45) is 0 Å². The number of fused-ring (bicyclic) bond motifs is 1. The first-order valence-electron chi connectivity index (χ1n) is 9.73. The van der Waals surface area contributed by atoms with Crippen LogP contribution in [0.3, 0.4) is 0 Å². The third kappa shape index (κ3) is 4.69. The lowest BCUT2D eigenvalue weighted by atomic mass is 10.1. The van der Waals surface area contributed by atoms with Gasteiger partial charge in [-0.15, -0.1) is 11.3 Å². The summed E-state index contributed by atoms with van der Waals surface area (Å²) in [5, 5.41) is 2.87. The second-order valence-corrected chi connectivity index (χ2v) is 7.51. The summed E-state index contributed by atoms with van der Waals surface area (Å²) in [5.74, 6) is -2.20. The van der Waals surface area contributed by atoms with Crippen LogP contribution in [0.2, 0.25) is 0 Å². The average Bonchev–Trinajstić information content (AvgIpc) is 3.22. The molecule has 3 rings (SSSR count). The van der Waals surface area contributed by atoms with Crippen molar-refractivity contribution in [3.05, 3.63) is 50.8 Å². The molecule has 1 amide bonds. The molecule has 0 fully saturated rings. The number of ether oxygens (including phenoxy) is 2. The minimum absolute atomic E-state index is 0.0443. The number of aryl methyl sites for hydroxylation is 1. The van der Waals surface area contributed by atoms with E-state index in [-0.39, 0.29) is 41.6 Å². The third-order valence-corrected chi connectivity index (χ3v) is 5.66. The van der Waals surface area contributed by atoms with Crippen LogP contribution in [0.4, 0.5) is 5.00 Å². The molecule has 0 aliphatic rings. The number of carbonyl (C=O) groups excluding carboxylic acids is 3. The Morgan fingerprint density at radius 3 is 2.48 bits per heavy atom. The molecule has 0 bridgehead atoms. The van der Waals surface area contributed by atoms with Crippen LogP contribution >= 0.6 is 11.3 Å². The van der Waals surface area contributed by atoms with Crippen molar-refractivity contribution in [3.8, 4) is 0 Å². The molecule has 0 unspecified atom stereocenters. The van der Waals surface area contributed by atoms with Gasteiger partial charge in [-0.25, -0.2) is 14.4 Å². The molecule has 10 heteroatoms. The van der Waals surface area contributed by atoms with Crippen molar-refractivity contribution in [1.82, 2.24) is 4.57 Å². The van der Waals surface area contributed by atoms with Crippen LogP contribution < -0.4 is 11.1 Å². The fourth-order valence-corrected chi connectivity index (χ4v) is 4.18. The third-order valence-electron chi connectivity index (χ3n) is 4.48. The number of carbonyl (C=O) groups is 3. The Morgan fingerprint density at radius 2 is 1.77 bits per heavy atom. The summed E-state index contributed by atoms with van der Waals surface area (Å²) < 4.78 is 16.6. The number of hydrogen-bond acceptors (Lipinski definition) is 8. The highest BCUT2D eigenvalue weighted by molar-refractivity contribution is 7.18. The quantitative estimate of drug-likeness (QED) is 0.527. The lowest BCUT2D eigenvalue weighted by Crippen LogP contribution is -2.20. The van der Waals surface area contributed by atoms with Gasteiger partial charge in [0.2, 0.25) is 5.91 Å². The van der Waals surface area contributed by atoms with Gasteiger partial charge >= 0.3 is 17.7 Å². The van der Waals surface area contributed by atoms with E-state index in [4.69, 9.17) is 13.9 Å². The number of nitrogens with one attached hydrogen (secondary N) is 1. The maximum absolute atomic E-state index is 12.6. The monoisotopic (exact) mass is 446 g/mol. The lowest BCUT2D eigenvalue weighted by molar-refractivity contribution is -0.116. The SMILES string of the molecule is CCOC(=O)c1sc(NC(=O)CCn2c(=O)oc3ccccc32)c(C(=O)OCC)c1C. The van der Waals surface area contributed by atoms with E-state index in [0.29, 0.717) is 16.7 Å². The van der Waals surface area contributed by atoms with Gasteiger partial charge in [-0.3, -0.25) is 9.36 Å². The highest BCUT2D eigenvalue weighted by atomic mass is 32.1. The molecule has 3 aromatic rings. The van der Waals surface area contributed by atoms with E-state index in [1.54, 1.807) is 45.0 Å². The molecule has 1 aromatic carbocycles. The zero-order chi connectivity index (χ0) is 22.5. The molecule has 0 saturated carbocycles. The molecule has 0 saturated heterocycles. The molecule has 2 aromatic heterocycles. The standard InChI is InChI=1S/C21H22N2O7S/c1-4-28-19(25)16-12(3)17(20(26)29-5-2)31-18(16)22-15(24)10-11-23-13-8-6-7-9-14(13)30-21(23)27/h6-9H,4-5,10-11H2,1-3H3,(H,22,24). The van der Waals surface area contributed by atoms with Crippen molar-refractivity contribution in [3.63, 3.8) is 0 Å². The first kappa shape index (κ1) is 22.3. The molecule has 0 aliphatic heterocycles. The van der Waals surface area contributed by atoms with Gasteiger partial charge in [-0.2, -0.15) is 0 Å². The molecular weight excluding hydrogens is 424 g/mol. The maximum Gasteiger partial charge on any atom is 0.419 e. The molecule has 0 aliphatic carbocycles. The van der Waals surface area contributed by atoms with E-state index in [1.807, 2.05) is 0 Å². The Balaban J connectivity index is 1.81. The lowest BCUT2D eigenvalue weighted by Gasteiger charge is -2.07. The minimum Gasteiger partial charge on any atom is -0.462 e.